The number of carbonyl (C=O) groups excluding carboxylic acids is 1. The second kappa shape index (κ2) is 6.78. The highest BCUT2D eigenvalue weighted by Gasteiger charge is 2.20. The van der Waals surface area contributed by atoms with Gasteiger partial charge in [0.25, 0.3) is 0 Å². The second-order valence-electron chi connectivity index (χ2n) is 6.89. The van der Waals surface area contributed by atoms with Gasteiger partial charge in [-0.15, -0.1) is 0 Å². The van der Waals surface area contributed by atoms with Crippen molar-refractivity contribution in [2.24, 2.45) is 0 Å². The molecule has 0 saturated carbocycles. The third kappa shape index (κ3) is 3.45. The zero-order valence-electron chi connectivity index (χ0n) is 15.1. The maximum absolute atomic E-state index is 12.6. The molecule has 1 amide bonds. The van der Waals surface area contributed by atoms with Crippen LogP contribution < -0.4 is 10.5 Å². The van der Waals surface area contributed by atoms with E-state index >= 15 is 0 Å². The summed E-state index contributed by atoms with van der Waals surface area (Å²) in [6, 6.07) is 10.9. The average molecular weight is 387 g/mol. The number of benzene rings is 2. The molecule has 4 rings (SSSR count). The number of halogens is 1. The van der Waals surface area contributed by atoms with Crippen LogP contribution in [0.4, 0.5) is 0 Å². The molecule has 0 radical (unpaired) electrons. The Bertz CT molecular complexity index is 1090. The largest absolute Gasteiger partial charge is 0.490 e. The van der Waals surface area contributed by atoms with Gasteiger partial charge in [-0.1, -0.05) is 23.7 Å². The van der Waals surface area contributed by atoms with Crippen molar-refractivity contribution in [3.63, 3.8) is 0 Å². The van der Waals surface area contributed by atoms with E-state index in [4.69, 9.17) is 20.8 Å². The molecule has 1 aromatic heterocycles. The van der Waals surface area contributed by atoms with Crippen LogP contribution >= 0.6 is 11.6 Å². The Morgan fingerprint density at radius 3 is 2.93 bits per heavy atom. The second-order valence-corrected chi connectivity index (χ2v) is 7.33. The molecule has 27 heavy (non-hydrogen) atoms. The zero-order valence-corrected chi connectivity index (χ0v) is 15.8. The molecule has 2 aromatic carbocycles. The summed E-state index contributed by atoms with van der Waals surface area (Å²) in [5.74, 6) is 0.149. The molecular weight excluding hydrogens is 368 g/mol. The SMILES string of the molecule is CC1Cc2cc(CN(C)C(=O)Cn3c(=O)oc4ccc(Cl)cc43)ccc2O1. The Morgan fingerprint density at radius 1 is 1.30 bits per heavy atom. The Hall–Kier alpha value is -2.73. The average Bonchev–Trinajstić information content (AvgIpc) is 3.13. The van der Waals surface area contributed by atoms with E-state index in [9.17, 15) is 9.59 Å². The molecular formula is C20H19ClN2O4. The number of hydrogen-bond donors (Lipinski definition) is 0. The van der Waals surface area contributed by atoms with Crippen molar-refractivity contribution in [1.29, 1.82) is 0 Å². The van der Waals surface area contributed by atoms with Gasteiger partial charge in [0.2, 0.25) is 5.91 Å². The standard InChI is InChI=1S/C20H19ClN2O4/c1-12-7-14-8-13(3-5-17(14)26-12)10-22(2)19(24)11-23-16-9-15(21)4-6-18(16)27-20(23)25/h3-6,8-9,12H,7,10-11H2,1-2H3. The molecule has 1 aliphatic heterocycles. The monoisotopic (exact) mass is 386 g/mol. The molecule has 1 unspecified atom stereocenters. The van der Waals surface area contributed by atoms with Crippen molar-refractivity contribution in [3.05, 3.63) is 63.1 Å². The van der Waals surface area contributed by atoms with Crippen LogP contribution in [0, 0.1) is 0 Å². The molecule has 7 heteroatoms. The molecule has 2 heterocycles. The topological polar surface area (TPSA) is 64.7 Å². The lowest BCUT2D eigenvalue weighted by atomic mass is 10.1. The van der Waals surface area contributed by atoms with Crippen LogP contribution in [0.3, 0.4) is 0 Å². The van der Waals surface area contributed by atoms with E-state index < -0.39 is 5.76 Å². The van der Waals surface area contributed by atoms with E-state index in [1.54, 1.807) is 30.1 Å². The van der Waals surface area contributed by atoms with Gasteiger partial charge in [0, 0.05) is 25.0 Å². The van der Waals surface area contributed by atoms with Crippen molar-refractivity contribution in [3.8, 4) is 5.75 Å². The number of rotatable bonds is 4. The minimum Gasteiger partial charge on any atom is -0.490 e. The van der Waals surface area contributed by atoms with Crippen molar-refractivity contribution in [1.82, 2.24) is 9.47 Å². The highest BCUT2D eigenvalue weighted by Crippen LogP contribution is 2.29. The van der Waals surface area contributed by atoms with Gasteiger partial charge in [0.1, 0.15) is 18.4 Å². The lowest BCUT2D eigenvalue weighted by Crippen LogP contribution is -2.32. The minimum absolute atomic E-state index is 0.103. The maximum atomic E-state index is 12.6. The fourth-order valence-electron chi connectivity index (χ4n) is 3.38. The maximum Gasteiger partial charge on any atom is 0.420 e. The van der Waals surface area contributed by atoms with Gasteiger partial charge in [0.15, 0.2) is 5.58 Å². The van der Waals surface area contributed by atoms with Crippen LogP contribution in [0.15, 0.2) is 45.6 Å². The van der Waals surface area contributed by atoms with Crippen LogP contribution in [-0.2, 0) is 24.3 Å². The highest BCUT2D eigenvalue weighted by molar-refractivity contribution is 6.31. The summed E-state index contributed by atoms with van der Waals surface area (Å²) in [5.41, 5.74) is 3.10. The van der Waals surface area contributed by atoms with Crippen LogP contribution in [-0.4, -0.2) is 28.5 Å². The van der Waals surface area contributed by atoms with E-state index in [0.29, 0.717) is 22.7 Å². The first-order valence-corrected chi connectivity index (χ1v) is 9.10. The predicted molar refractivity (Wildman–Crippen MR) is 102 cm³/mol. The Morgan fingerprint density at radius 2 is 2.11 bits per heavy atom. The molecule has 0 N–H and O–H groups in total. The zero-order chi connectivity index (χ0) is 19.1. The first-order valence-electron chi connectivity index (χ1n) is 8.72. The summed E-state index contributed by atoms with van der Waals surface area (Å²) in [6.07, 6.45) is 1.06. The fourth-order valence-corrected chi connectivity index (χ4v) is 3.54. The molecule has 6 nitrogen and oxygen atoms in total. The molecule has 0 spiro atoms. The first-order chi connectivity index (χ1) is 12.9. The quantitative estimate of drug-likeness (QED) is 0.690. The number of aromatic nitrogens is 1. The van der Waals surface area contributed by atoms with E-state index in [1.807, 2.05) is 19.1 Å². The molecule has 0 aliphatic carbocycles. The number of likely N-dealkylation sites (N-methyl/N-ethyl adjacent to an activating group) is 1. The summed E-state index contributed by atoms with van der Waals surface area (Å²) in [5, 5.41) is 0.479. The minimum atomic E-state index is -0.572. The Labute approximate surface area is 160 Å². The number of amides is 1. The Kier molecular flexibility index (Phi) is 4.44. The number of carbonyl (C=O) groups is 1. The van der Waals surface area contributed by atoms with Gasteiger partial charge in [0.05, 0.1) is 5.52 Å². The highest BCUT2D eigenvalue weighted by atomic mass is 35.5. The number of ether oxygens (including phenoxy) is 1. The van der Waals surface area contributed by atoms with Crippen molar-refractivity contribution in [2.75, 3.05) is 7.05 Å². The molecule has 0 saturated heterocycles. The predicted octanol–water partition coefficient (Wildman–Crippen LogP) is 3.23. The van der Waals surface area contributed by atoms with Crippen molar-refractivity contribution in [2.45, 2.75) is 32.5 Å². The van der Waals surface area contributed by atoms with Crippen LogP contribution in [0.5, 0.6) is 5.75 Å². The summed E-state index contributed by atoms with van der Waals surface area (Å²) in [7, 11) is 1.72. The first kappa shape index (κ1) is 17.7. The Balaban J connectivity index is 1.51. The normalized spacial score (nSPS) is 15.6. The molecule has 1 atom stereocenters. The number of hydrogen-bond acceptors (Lipinski definition) is 4. The van der Waals surface area contributed by atoms with Gasteiger partial charge >= 0.3 is 5.76 Å². The van der Waals surface area contributed by atoms with Gasteiger partial charge in [-0.2, -0.15) is 0 Å². The smallest absolute Gasteiger partial charge is 0.420 e. The molecule has 1 aliphatic rings. The summed E-state index contributed by atoms with van der Waals surface area (Å²) in [4.78, 5) is 26.3. The van der Waals surface area contributed by atoms with Crippen LogP contribution in [0.2, 0.25) is 5.02 Å². The third-order valence-corrected chi connectivity index (χ3v) is 4.96. The van der Waals surface area contributed by atoms with Gasteiger partial charge in [-0.25, -0.2) is 4.79 Å². The fraction of sp³-hybridized carbons (Fsp3) is 0.300. The summed E-state index contributed by atoms with van der Waals surface area (Å²) in [6.45, 7) is 2.38. The van der Waals surface area contributed by atoms with E-state index in [0.717, 1.165) is 23.3 Å². The van der Waals surface area contributed by atoms with Crippen LogP contribution in [0.25, 0.3) is 11.1 Å². The molecule has 140 valence electrons. The van der Waals surface area contributed by atoms with Crippen molar-refractivity contribution < 1.29 is 13.9 Å². The van der Waals surface area contributed by atoms with E-state index in [1.165, 1.54) is 4.57 Å². The third-order valence-electron chi connectivity index (χ3n) is 4.73. The van der Waals surface area contributed by atoms with Gasteiger partial charge < -0.3 is 14.1 Å². The van der Waals surface area contributed by atoms with E-state index in [-0.39, 0.29) is 18.6 Å². The molecule has 3 aromatic rings. The summed E-state index contributed by atoms with van der Waals surface area (Å²) >= 11 is 6.00. The number of oxazole rings is 1. The number of fused-ring (bicyclic) bond motifs is 2. The van der Waals surface area contributed by atoms with E-state index in [2.05, 4.69) is 6.07 Å². The molecule has 0 bridgehead atoms. The lowest BCUT2D eigenvalue weighted by Gasteiger charge is -2.18. The lowest BCUT2D eigenvalue weighted by molar-refractivity contribution is -0.131. The van der Waals surface area contributed by atoms with Crippen LogP contribution in [0.1, 0.15) is 18.1 Å². The number of nitrogens with zero attached hydrogens (tertiary/aromatic N) is 2. The molecule has 0 fully saturated rings. The van der Waals surface area contributed by atoms with Gasteiger partial charge in [-0.3, -0.25) is 9.36 Å². The van der Waals surface area contributed by atoms with Crippen molar-refractivity contribution >= 4 is 28.6 Å². The summed E-state index contributed by atoms with van der Waals surface area (Å²) < 4.78 is 12.2. The van der Waals surface area contributed by atoms with Gasteiger partial charge in [-0.05, 0) is 42.3 Å².